The van der Waals surface area contributed by atoms with E-state index in [1.807, 2.05) is 10.8 Å². The van der Waals surface area contributed by atoms with Crippen LogP contribution in [-0.4, -0.2) is 24.3 Å². The maximum atomic E-state index is 13.2. The lowest BCUT2D eigenvalue weighted by atomic mass is 9.99. The summed E-state index contributed by atoms with van der Waals surface area (Å²) in [5.74, 6) is -0.188. The van der Waals surface area contributed by atoms with Gasteiger partial charge >= 0.3 is 6.03 Å². The van der Waals surface area contributed by atoms with Crippen molar-refractivity contribution in [2.24, 2.45) is 0 Å². The predicted octanol–water partition coefficient (Wildman–Crippen LogP) is 3.32. The van der Waals surface area contributed by atoms with Crippen molar-refractivity contribution >= 4 is 23.1 Å². The highest BCUT2D eigenvalue weighted by atomic mass is 32.1. The van der Waals surface area contributed by atoms with Crippen molar-refractivity contribution in [3.63, 3.8) is 0 Å². The Labute approximate surface area is 138 Å². The third-order valence-electron chi connectivity index (χ3n) is 3.23. The molecule has 2 rings (SSSR count). The second kappa shape index (κ2) is 7.43. The second-order valence-corrected chi connectivity index (χ2v) is 5.95. The van der Waals surface area contributed by atoms with Crippen LogP contribution in [0.5, 0.6) is 5.75 Å². The van der Waals surface area contributed by atoms with Crippen LogP contribution in [0, 0.1) is 5.82 Å². The van der Waals surface area contributed by atoms with Crippen LogP contribution in [0.2, 0.25) is 0 Å². The van der Waals surface area contributed by atoms with E-state index in [2.05, 4.69) is 10.6 Å². The lowest BCUT2D eigenvalue weighted by Crippen LogP contribution is -2.40. The first-order chi connectivity index (χ1) is 10.9. The lowest BCUT2D eigenvalue weighted by Gasteiger charge is -2.23. The third kappa shape index (κ3) is 4.67. The van der Waals surface area contributed by atoms with E-state index in [-0.39, 0.29) is 12.3 Å². The number of anilines is 1. The molecule has 1 aromatic heterocycles. The highest BCUT2D eigenvalue weighted by Crippen LogP contribution is 2.26. The number of halogens is 1. The van der Waals surface area contributed by atoms with Crippen molar-refractivity contribution in [1.29, 1.82) is 0 Å². The van der Waals surface area contributed by atoms with E-state index in [0.29, 0.717) is 12.3 Å². The Morgan fingerprint density at radius 3 is 2.87 bits per heavy atom. The molecule has 0 saturated carbocycles. The summed E-state index contributed by atoms with van der Waals surface area (Å²) < 4.78 is 18.5. The van der Waals surface area contributed by atoms with Gasteiger partial charge in [0.2, 0.25) is 0 Å². The number of thiophene rings is 1. The number of hydrogen-bond donors (Lipinski definition) is 3. The molecule has 3 N–H and O–H groups in total. The third-order valence-corrected chi connectivity index (χ3v) is 3.91. The molecule has 2 aromatic rings. The van der Waals surface area contributed by atoms with E-state index in [1.54, 1.807) is 19.9 Å². The summed E-state index contributed by atoms with van der Waals surface area (Å²) in [7, 11) is 0. The van der Waals surface area contributed by atoms with Crippen molar-refractivity contribution < 1.29 is 19.0 Å². The molecule has 1 aromatic carbocycles. The number of hydrogen-bond acceptors (Lipinski definition) is 4. The zero-order valence-electron chi connectivity index (χ0n) is 12.9. The minimum absolute atomic E-state index is 0.0424. The Hall–Kier alpha value is -2.12. The SMILES string of the molecule is CCOc1cc(F)ccc1NC(=O)NCC(C)(O)c1ccsc1. The number of carbonyl (C=O) groups excluding carboxylic acids is 1. The second-order valence-electron chi connectivity index (χ2n) is 5.17. The van der Waals surface area contributed by atoms with Crippen molar-refractivity contribution in [2.75, 3.05) is 18.5 Å². The number of carbonyl (C=O) groups is 1. The monoisotopic (exact) mass is 338 g/mol. The summed E-state index contributed by atoms with van der Waals surface area (Å²) in [5.41, 5.74) is -0.0661. The van der Waals surface area contributed by atoms with Gasteiger partial charge in [0, 0.05) is 6.07 Å². The van der Waals surface area contributed by atoms with Gasteiger partial charge in [-0.2, -0.15) is 11.3 Å². The molecule has 1 atom stereocenters. The normalized spacial score (nSPS) is 13.2. The Kier molecular flexibility index (Phi) is 5.57. The highest BCUT2D eigenvalue weighted by Gasteiger charge is 2.24. The van der Waals surface area contributed by atoms with Crippen LogP contribution in [0.15, 0.2) is 35.0 Å². The maximum Gasteiger partial charge on any atom is 0.319 e. The van der Waals surface area contributed by atoms with Gasteiger partial charge in [-0.05, 0) is 48.4 Å². The van der Waals surface area contributed by atoms with Gasteiger partial charge in [-0.3, -0.25) is 0 Å². The van der Waals surface area contributed by atoms with Gasteiger partial charge in [0.15, 0.2) is 0 Å². The average molecular weight is 338 g/mol. The minimum atomic E-state index is -1.16. The fourth-order valence-electron chi connectivity index (χ4n) is 1.97. The van der Waals surface area contributed by atoms with Crippen molar-refractivity contribution in [3.8, 4) is 5.75 Å². The summed E-state index contributed by atoms with van der Waals surface area (Å²) in [6, 6.07) is 5.17. The number of amides is 2. The minimum Gasteiger partial charge on any atom is -0.492 e. The molecule has 1 heterocycles. The molecule has 0 saturated heterocycles. The molecular formula is C16H19FN2O3S. The number of ether oxygens (including phenoxy) is 1. The first-order valence-electron chi connectivity index (χ1n) is 7.14. The van der Waals surface area contributed by atoms with Gasteiger partial charge in [0.05, 0.1) is 18.8 Å². The molecule has 0 aliphatic rings. The van der Waals surface area contributed by atoms with Crippen LogP contribution in [-0.2, 0) is 5.60 Å². The van der Waals surface area contributed by atoms with E-state index in [0.717, 1.165) is 5.56 Å². The van der Waals surface area contributed by atoms with Gasteiger partial charge in [-0.1, -0.05) is 0 Å². The van der Waals surface area contributed by atoms with E-state index in [1.165, 1.54) is 29.5 Å². The van der Waals surface area contributed by atoms with Crippen LogP contribution >= 0.6 is 11.3 Å². The molecule has 0 spiro atoms. The van der Waals surface area contributed by atoms with E-state index < -0.39 is 17.4 Å². The van der Waals surface area contributed by atoms with Crippen LogP contribution in [0.25, 0.3) is 0 Å². The van der Waals surface area contributed by atoms with Crippen LogP contribution in [0.3, 0.4) is 0 Å². The number of urea groups is 1. The van der Waals surface area contributed by atoms with Gasteiger partial charge < -0.3 is 20.5 Å². The molecule has 0 radical (unpaired) electrons. The van der Waals surface area contributed by atoms with Crippen molar-refractivity contribution in [3.05, 3.63) is 46.4 Å². The molecule has 7 heteroatoms. The van der Waals surface area contributed by atoms with Crippen LogP contribution in [0.4, 0.5) is 14.9 Å². The quantitative estimate of drug-likeness (QED) is 0.757. The summed E-state index contributed by atoms with van der Waals surface area (Å²) in [5, 5.41) is 19.2. The highest BCUT2D eigenvalue weighted by molar-refractivity contribution is 7.08. The summed E-state index contributed by atoms with van der Waals surface area (Å²) in [6.45, 7) is 3.79. The zero-order valence-corrected chi connectivity index (χ0v) is 13.7. The summed E-state index contributed by atoms with van der Waals surface area (Å²) in [4.78, 5) is 12.0. The van der Waals surface area contributed by atoms with E-state index >= 15 is 0 Å². The predicted molar refractivity (Wildman–Crippen MR) is 88.5 cm³/mol. The molecule has 2 amide bonds. The summed E-state index contributed by atoms with van der Waals surface area (Å²) >= 11 is 1.47. The fraction of sp³-hybridized carbons (Fsp3) is 0.312. The number of aliphatic hydroxyl groups is 1. The smallest absolute Gasteiger partial charge is 0.319 e. The van der Waals surface area contributed by atoms with Gasteiger partial charge in [-0.15, -0.1) is 0 Å². The lowest BCUT2D eigenvalue weighted by molar-refractivity contribution is 0.0604. The summed E-state index contributed by atoms with van der Waals surface area (Å²) in [6.07, 6.45) is 0. The number of benzene rings is 1. The van der Waals surface area contributed by atoms with E-state index in [4.69, 9.17) is 4.74 Å². The molecule has 0 fully saturated rings. The molecule has 0 bridgehead atoms. The first kappa shape index (κ1) is 17.2. The van der Waals surface area contributed by atoms with Crippen molar-refractivity contribution in [1.82, 2.24) is 5.32 Å². The Balaban J connectivity index is 1.97. The zero-order chi connectivity index (χ0) is 16.9. The molecule has 0 aliphatic carbocycles. The van der Waals surface area contributed by atoms with E-state index in [9.17, 15) is 14.3 Å². The molecule has 5 nitrogen and oxygen atoms in total. The topological polar surface area (TPSA) is 70.6 Å². The van der Waals surface area contributed by atoms with Gasteiger partial charge in [-0.25, -0.2) is 9.18 Å². The van der Waals surface area contributed by atoms with Crippen LogP contribution in [0.1, 0.15) is 19.4 Å². The molecular weight excluding hydrogens is 319 g/mol. The van der Waals surface area contributed by atoms with Crippen LogP contribution < -0.4 is 15.4 Å². The van der Waals surface area contributed by atoms with Crippen molar-refractivity contribution in [2.45, 2.75) is 19.4 Å². The number of nitrogens with one attached hydrogen (secondary N) is 2. The largest absolute Gasteiger partial charge is 0.492 e. The maximum absolute atomic E-state index is 13.2. The van der Waals surface area contributed by atoms with Gasteiger partial charge in [0.1, 0.15) is 17.2 Å². The molecule has 124 valence electrons. The Morgan fingerprint density at radius 1 is 1.43 bits per heavy atom. The Morgan fingerprint density at radius 2 is 2.22 bits per heavy atom. The standard InChI is InChI=1S/C16H19FN2O3S/c1-3-22-14-8-12(17)4-5-13(14)19-15(20)18-10-16(2,21)11-6-7-23-9-11/h4-9,21H,3,10H2,1-2H3,(H2,18,19,20). The number of rotatable bonds is 6. The first-order valence-corrected chi connectivity index (χ1v) is 8.09. The fourth-order valence-corrected chi connectivity index (χ4v) is 2.75. The molecule has 0 aliphatic heterocycles. The molecule has 1 unspecified atom stereocenters. The van der Waals surface area contributed by atoms with Gasteiger partial charge in [0.25, 0.3) is 0 Å². The molecule has 23 heavy (non-hydrogen) atoms. The Bertz CT molecular complexity index is 659. The average Bonchev–Trinajstić information content (AvgIpc) is 3.04.